The molecular weight excluding hydrogens is 334 g/mol. The van der Waals surface area contributed by atoms with E-state index in [2.05, 4.69) is 15.9 Å². The van der Waals surface area contributed by atoms with Crippen LogP contribution in [0.1, 0.15) is 35.0 Å². The van der Waals surface area contributed by atoms with E-state index in [0.29, 0.717) is 10.4 Å². The zero-order chi connectivity index (χ0) is 14.8. The van der Waals surface area contributed by atoms with Gasteiger partial charge in [0.2, 0.25) is 0 Å². The van der Waals surface area contributed by atoms with Crippen LogP contribution in [0.15, 0.2) is 45.5 Å². The van der Waals surface area contributed by atoms with E-state index in [1.807, 2.05) is 29.2 Å². The van der Waals surface area contributed by atoms with Crippen LogP contribution in [0.4, 0.5) is 0 Å². The molecule has 0 radical (unpaired) electrons. The third-order valence-corrected chi connectivity index (χ3v) is 4.22. The monoisotopic (exact) mass is 349 g/mol. The predicted octanol–water partition coefficient (Wildman–Crippen LogP) is 4.03. The van der Waals surface area contributed by atoms with Gasteiger partial charge in [0.25, 0.3) is 5.91 Å². The van der Waals surface area contributed by atoms with E-state index >= 15 is 0 Å². The van der Waals surface area contributed by atoms with Gasteiger partial charge < -0.3 is 14.1 Å². The number of hydrogen-bond donors (Lipinski definition) is 0. The van der Waals surface area contributed by atoms with Crippen LogP contribution >= 0.6 is 15.9 Å². The maximum absolute atomic E-state index is 12.6. The summed E-state index contributed by atoms with van der Waals surface area (Å²) in [7, 11) is 1.65. The number of benzene rings is 1. The highest BCUT2D eigenvalue weighted by Crippen LogP contribution is 2.34. The quantitative estimate of drug-likeness (QED) is 0.840. The van der Waals surface area contributed by atoms with Crippen LogP contribution in [-0.4, -0.2) is 24.5 Å². The van der Waals surface area contributed by atoms with Gasteiger partial charge in [-0.1, -0.05) is 12.1 Å². The number of rotatable bonds is 3. The van der Waals surface area contributed by atoms with E-state index in [0.717, 1.165) is 30.7 Å². The Morgan fingerprint density at radius 2 is 2.05 bits per heavy atom. The minimum absolute atomic E-state index is 0.0565. The first-order valence-corrected chi connectivity index (χ1v) is 7.68. The lowest BCUT2D eigenvalue weighted by Gasteiger charge is -2.24. The van der Waals surface area contributed by atoms with Gasteiger partial charge in [0.1, 0.15) is 5.75 Å². The Bertz CT molecular complexity index is 635. The van der Waals surface area contributed by atoms with Crippen molar-refractivity contribution in [2.45, 2.75) is 18.9 Å². The van der Waals surface area contributed by atoms with Gasteiger partial charge in [-0.3, -0.25) is 4.79 Å². The molecule has 1 aliphatic heterocycles. The maximum Gasteiger partial charge on any atom is 0.290 e. The smallest absolute Gasteiger partial charge is 0.290 e. The number of likely N-dealkylation sites (tertiary alicyclic amines) is 1. The lowest BCUT2D eigenvalue weighted by molar-refractivity contribution is 0.0702. The fraction of sp³-hybridized carbons (Fsp3) is 0.312. The first-order valence-electron chi connectivity index (χ1n) is 6.89. The summed E-state index contributed by atoms with van der Waals surface area (Å²) in [5.74, 6) is 1.14. The minimum atomic E-state index is -0.0565. The second-order valence-corrected chi connectivity index (χ2v) is 5.82. The van der Waals surface area contributed by atoms with Crippen LogP contribution in [0.5, 0.6) is 5.75 Å². The molecule has 110 valence electrons. The summed E-state index contributed by atoms with van der Waals surface area (Å²) in [5, 5.41) is 0. The van der Waals surface area contributed by atoms with Crippen molar-refractivity contribution in [1.29, 1.82) is 0 Å². The number of hydrogen-bond acceptors (Lipinski definition) is 3. The summed E-state index contributed by atoms with van der Waals surface area (Å²) in [4.78, 5) is 14.4. The molecule has 1 amide bonds. The van der Waals surface area contributed by atoms with Gasteiger partial charge >= 0.3 is 0 Å². The molecule has 0 saturated carbocycles. The molecule has 1 fully saturated rings. The molecule has 0 spiro atoms. The van der Waals surface area contributed by atoms with Gasteiger partial charge in [0.15, 0.2) is 10.4 Å². The number of nitrogens with zero attached hydrogens (tertiary/aromatic N) is 1. The zero-order valence-corrected chi connectivity index (χ0v) is 13.3. The Hall–Kier alpha value is -1.75. The van der Waals surface area contributed by atoms with Crippen molar-refractivity contribution in [3.8, 4) is 5.75 Å². The molecule has 2 heterocycles. The van der Waals surface area contributed by atoms with E-state index in [1.54, 1.807) is 19.2 Å². The zero-order valence-electron chi connectivity index (χ0n) is 11.7. The third-order valence-electron chi connectivity index (χ3n) is 3.80. The summed E-state index contributed by atoms with van der Waals surface area (Å²) in [6, 6.07) is 11.5. The number of amides is 1. The summed E-state index contributed by atoms with van der Waals surface area (Å²) in [6.07, 6.45) is 1.98. The van der Waals surface area contributed by atoms with E-state index in [9.17, 15) is 4.79 Å². The maximum atomic E-state index is 12.6. The van der Waals surface area contributed by atoms with Crippen molar-refractivity contribution in [2.75, 3.05) is 13.7 Å². The van der Waals surface area contributed by atoms with Crippen molar-refractivity contribution in [3.05, 3.63) is 52.4 Å². The Kier molecular flexibility index (Phi) is 4.01. The molecule has 1 saturated heterocycles. The van der Waals surface area contributed by atoms with E-state index in [4.69, 9.17) is 9.15 Å². The molecule has 4 nitrogen and oxygen atoms in total. The molecule has 0 bridgehead atoms. The summed E-state index contributed by atoms with van der Waals surface area (Å²) in [6.45, 7) is 0.758. The number of ether oxygens (including phenoxy) is 1. The Balaban J connectivity index is 1.83. The number of carbonyl (C=O) groups is 1. The second kappa shape index (κ2) is 5.93. The van der Waals surface area contributed by atoms with Crippen LogP contribution in [0.2, 0.25) is 0 Å². The number of methoxy groups -OCH3 is 1. The Morgan fingerprint density at radius 1 is 1.29 bits per heavy atom. The van der Waals surface area contributed by atoms with Crippen molar-refractivity contribution in [3.63, 3.8) is 0 Å². The fourth-order valence-corrected chi connectivity index (χ4v) is 3.06. The highest BCUT2D eigenvalue weighted by Gasteiger charge is 2.31. The average Bonchev–Trinajstić information content (AvgIpc) is 3.15. The lowest BCUT2D eigenvalue weighted by Crippen LogP contribution is -2.30. The van der Waals surface area contributed by atoms with Crippen molar-refractivity contribution in [2.24, 2.45) is 0 Å². The second-order valence-electron chi connectivity index (χ2n) is 5.03. The van der Waals surface area contributed by atoms with E-state index < -0.39 is 0 Å². The lowest BCUT2D eigenvalue weighted by atomic mass is 10.0. The normalized spacial score (nSPS) is 18.0. The molecule has 1 atom stereocenters. The van der Waals surface area contributed by atoms with Crippen LogP contribution in [0.3, 0.4) is 0 Å². The molecule has 0 aliphatic carbocycles. The first kappa shape index (κ1) is 14.2. The molecule has 5 heteroatoms. The molecule has 1 aromatic carbocycles. The number of carbonyl (C=O) groups excluding carboxylic acids is 1. The standard InChI is InChI=1S/C16H16BrNO3/c1-20-12-6-4-11(5-7-12)13-3-2-10-18(13)16(19)14-8-9-15(17)21-14/h4-9,13H,2-3,10H2,1H3/t13-/m1/s1. The Morgan fingerprint density at radius 3 is 2.67 bits per heavy atom. The van der Waals surface area contributed by atoms with Gasteiger partial charge in [-0.05, 0) is 58.6 Å². The first-order chi connectivity index (χ1) is 10.2. The molecule has 2 aromatic rings. The molecule has 0 unspecified atom stereocenters. The minimum Gasteiger partial charge on any atom is -0.497 e. The van der Waals surface area contributed by atoms with Crippen LogP contribution in [0.25, 0.3) is 0 Å². The molecule has 1 aliphatic rings. The van der Waals surface area contributed by atoms with Gasteiger partial charge in [-0.25, -0.2) is 0 Å². The molecule has 1 aromatic heterocycles. The average molecular weight is 350 g/mol. The van der Waals surface area contributed by atoms with Crippen LogP contribution < -0.4 is 4.74 Å². The van der Waals surface area contributed by atoms with Crippen LogP contribution in [0, 0.1) is 0 Å². The van der Waals surface area contributed by atoms with Crippen molar-refractivity contribution < 1.29 is 13.9 Å². The van der Waals surface area contributed by atoms with Crippen molar-refractivity contribution >= 4 is 21.8 Å². The highest BCUT2D eigenvalue weighted by atomic mass is 79.9. The number of furan rings is 1. The summed E-state index contributed by atoms with van der Waals surface area (Å²) in [5.41, 5.74) is 1.13. The largest absolute Gasteiger partial charge is 0.497 e. The summed E-state index contributed by atoms with van der Waals surface area (Å²) < 4.78 is 11.1. The van der Waals surface area contributed by atoms with Crippen LogP contribution in [-0.2, 0) is 0 Å². The third kappa shape index (κ3) is 2.83. The van der Waals surface area contributed by atoms with Gasteiger partial charge in [-0.15, -0.1) is 0 Å². The van der Waals surface area contributed by atoms with Gasteiger partial charge in [-0.2, -0.15) is 0 Å². The molecule has 3 rings (SSSR count). The Labute approximate surface area is 131 Å². The SMILES string of the molecule is COc1ccc([C@H]2CCCN2C(=O)c2ccc(Br)o2)cc1. The highest BCUT2D eigenvalue weighted by molar-refractivity contribution is 9.10. The number of halogens is 1. The van der Waals surface area contributed by atoms with Gasteiger partial charge in [0, 0.05) is 6.54 Å². The predicted molar refractivity (Wildman–Crippen MR) is 82.4 cm³/mol. The van der Waals surface area contributed by atoms with E-state index in [1.165, 1.54) is 0 Å². The van der Waals surface area contributed by atoms with E-state index in [-0.39, 0.29) is 11.9 Å². The topological polar surface area (TPSA) is 42.7 Å². The molecule has 21 heavy (non-hydrogen) atoms. The summed E-state index contributed by atoms with van der Waals surface area (Å²) >= 11 is 3.23. The molecule has 0 N–H and O–H groups in total. The molecular formula is C16H16BrNO3. The van der Waals surface area contributed by atoms with Gasteiger partial charge in [0.05, 0.1) is 13.2 Å². The van der Waals surface area contributed by atoms with Crippen molar-refractivity contribution in [1.82, 2.24) is 4.90 Å². The fourth-order valence-electron chi connectivity index (χ4n) is 2.75.